The van der Waals surface area contributed by atoms with E-state index in [0.717, 1.165) is 36.8 Å². The summed E-state index contributed by atoms with van der Waals surface area (Å²) in [6.07, 6.45) is 4.06. The Morgan fingerprint density at radius 1 is 1.00 bits per heavy atom. The lowest BCUT2D eigenvalue weighted by Crippen LogP contribution is -2.25. The van der Waals surface area contributed by atoms with Gasteiger partial charge in [-0.05, 0) is 62.4 Å². The molecule has 0 atom stereocenters. The molecule has 2 saturated carbocycles. The fourth-order valence-electron chi connectivity index (χ4n) is 3.40. The average molecular weight is 401 g/mol. The molecule has 0 spiro atoms. The third-order valence-corrected chi connectivity index (χ3v) is 5.50. The summed E-state index contributed by atoms with van der Waals surface area (Å²) in [5, 5.41) is 5.91. The molecule has 30 heavy (non-hydrogen) atoms. The third-order valence-electron chi connectivity index (χ3n) is 5.50. The number of carbonyl (C=O) groups is 2. The van der Waals surface area contributed by atoms with E-state index >= 15 is 0 Å². The molecule has 0 saturated heterocycles. The minimum Gasteiger partial charge on any atom is -0.440 e. The molecule has 3 aromatic rings. The molecule has 6 nitrogen and oxygen atoms in total. The van der Waals surface area contributed by atoms with Gasteiger partial charge in [0.25, 0.3) is 11.8 Å². The van der Waals surface area contributed by atoms with Crippen LogP contribution in [0.2, 0.25) is 0 Å². The van der Waals surface area contributed by atoms with Gasteiger partial charge in [0.15, 0.2) is 5.69 Å². The van der Waals surface area contributed by atoms with Gasteiger partial charge in [-0.3, -0.25) is 9.59 Å². The number of anilines is 1. The number of amides is 2. The Kier molecular flexibility index (Phi) is 4.62. The summed E-state index contributed by atoms with van der Waals surface area (Å²) in [4.78, 5) is 30.0. The SMILES string of the molecule is Cc1ccc(C(=O)NC2CC2)cc1NC(=O)c1nc(-c2ccccc2)oc1C1CC1. The first-order valence-electron chi connectivity index (χ1n) is 10.4. The second-order valence-corrected chi connectivity index (χ2v) is 8.10. The standard InChI is InChI=1S/C24H23N3O3/c1-14-7-8-17(22(28)25-18-11-12-18)13-19(14)26-23(29)20-21(15-9-10-15)30-24(27-20)16-5-3-2-4-6-16/h2-8,13,15,18H,9-12H2,1H3,(H,25,28)(H,26,29). The summed E-state index contributed by atoms with van der Waals surface area (Å²) in [5.74, 6) is 0.918. The molecular formula is C24H23N3O3. The zero-order valence-electron chi connectivity index (χ0n) is 16.8. The van der Waals surface area contributed by atoms with Gasteiger partial charge in [-0.1, -0.05) is 24.3 Å². The monoisotopic (exact) mass is 401 g/mol. The van der Waals surface area contributed by atoms with E-state index in [9.17, 15) is 9.59 Å². The predicted molar refractivity (Wildman–Crippen MR) is 114 cm³/mol. The highest BCUT2D eigenvalue weighted by Crippen LogP contribution is 2.43. The molecule has 5 rings (SSSR count). The number of nitrogens with one attached hydrogen (secondary N) is 2. The highest BCUT2D eigenvalue weighted by atomic mass is 16.4. The first-order chi connectivity index (χ1) is 14.6. The number of aromatic nitrogens is 1. The summed E-state index contributed by atoms with van der Waals surface area (Å²) < 4.78 is 5.99. The Balaban J connectivity index is 1.41. The van der Waals surface area contributed by atoms with E-state index in [-0.39, 0.29) is 23.8 Å². The van der Waals surface area contributed by atoms with Crippen molar-refractivity contribution in [1.29, 1.82) is 0 Å². The number of rotatable bonds is 6. The van der Waals surface area contributed by atoms with Crippen LogP contribution in [0.25, 0.3) is 11.5 Å². The van der Waals surface area contributed by atoms with Crippen LogP contribution in [0.3, 0.4) is 0 Å². The summed E-state index contributed by atoms with van der Waals surface area (Å²) in [6, 6.07) is 15.2. The van der Waals surface area contributed by atoms with Crippen molar-refractivity contribution in [3.63, 3.8) is 0 Å². The van der Waals surface area contributed by atoms with E-state index in [1.54, 1.807) is 12.1 Å². The molecule has 1 heterocycles. The second kappa shape index (κ2) is 7.44. The number of benzene rings is 2. The molecule has 152 valence electrons. The van der Waals surface area contributed by atoms with Crippen LogP contribution in [-0.2, 0) is 0 Å². The molecule has 0 aliphatic heterocycles. The molecular weight excluding hydrogens is 378 g/mol. The fraction of sp³-hybridized carbons (Fsp3) is 0.292. The van der Waals surface area contributed by atoms with Crippen molar-refractivity contribution >= 4 is 17.5 Å². The van der Waals surface area contributed by atoms with Gasteiger partial charge in [0.1, 0.15) is 5.76 Å². The van der Waals surface area contributed by atoms with Crippen molar-refractivity contribution in [2.75, 3.05) is 5.32 Å². The van der Waals surface area contributed by atoms with E-state index in [2.05, 4.69) is 15.6 Å². The molecule has 0 unspecified atom stereocenters. The zero-order chi connectivity index (χ0) is 20.7. The second-order valence-electron chi connectivity index (χ2n) is 8.10. The smallest absolute Gasteiger partial charge is 0.277 e. The Labute approximate surface area is 174 Å². The van der Waals surface area contributed by atoms with Crippen molar-refractivity contribution in [1.82, 2.24) is 10.3 Å². The van der Waals surface area contributed by atoms with E-state index in [1.165, 1.54) is 0 Å². The molecule has 2 N–H and O–H groups in total. The summed E-state index contributed by atoms with van der Waals surface area (Å²) >= 11 is 0. The summed E-state index contributed by atoms with van der Waals surface area (Å²) in [7, 11) is 0. The van der Waals surface area contributed by atoms with Crippen LogP contribution in [0.5, 0.6) is 0 Å². The topological polar surface area (TPSA) is 84.2 Å². The van der Waals surface area contributed by atoms with E-state index < -0.39 is 0 Å². The number of hydrogen-bond acceptors (Lipinski definition) is 4. The summed E-state index contributed by atoms with van der Waals surface area (Å²) in [6.45, 7) is 1.90. The lowest BCUT2D eigenvalue weighted by atomic mass is 10.1. The van der Waals surface area contributed by atoms with Crippen molar-refractivity contribution in [3.05, 3.63) is 71.1 Å². The minimum atomic E-state index is -0.314. The highest BCUT2D eigenvalue weighted by molar-refractivity contribution is 6.05. The maximum Gasteiger partial charge on any atom is 0.277 e. The molecule has 6 heteroatoms. The van der Waals surface area contributed by atoms with Crippen LogP contribution in [-0.4, -0.2) is 22.8 Å². The largest absolute Gasteiger partial charge is 0.440 e. The molecule has 2 aromatic carbocycles. The summed E-state index contributed by atoms with van der Waals surface area (Å²) in [5.41, 5.74) is 3.19. The van der Waals surface area contributed by atoms with Crippen molar-refractivity contribution < 1.29 is 14.0 Å². The van der Waals surface area contributed by atoms with Crippen LogP contribution >= 0.6 is 0 Å². The molecule has 2 amide bonds. The zero-order valence-corrected chi connectivity index (χ0v) is 16.8. The van der Waals surface area contributed by atoms with Crippen molar-refractivity contribution in [2.24, 2.45) is 0 Å². The Morgan fingerprint density at radius 2 is 1.77 bits per heavy atom. The van der Waals surface area contributed by atoms with E-state index in [0.29, 0.717) is 28.6 Å². The molecule has 2 aliphatic carbocycles. The fourth-order valence-corrected chi connectivity index (χ4v) is 3.40. The Morgan fingerprint density at radius 3 is 2.47 bits per heavy atom. The highest BCUT2D eigenvalue weighted by Gasteiger charge is 2.34. The maximum atomic E-state index is 13.1. The number of hydrogen-bond donors (Lipinski definition) is 2. The number of aryl methyl sites for hydroxylation is 1. The lowest BCUT2D eigenvalue weighted by molar-refractivity contribution is 0.0949. The lowest BCUT2D eigenvalue weighted by Gasteiger charge is -2.10. The van der Waals surface area contributed by atoms with Crippen molar-refractivity contribution in [3.8, 4) is 11.5 Å². The van der Waals surface area contributed by atoms with Gasteiger partial charge in [-0.2, -0.15) is 0 Å². The first-order valence-corrected chi connectivity index (χ1v) is 10.4. The van der Waals surface area contributed by atoms with Gasteiger partial charge in [0.05, 0.1) is 0 Å². The third kappa shape index (κ3) is 3.85. The number of oxazole rings is 1. The van der Waals surface area contributed by atoms with Gasteiger partial charge in [0.2, 0.25) is 5.89 Å². The normalized spacial score (nSPS) is 15.6. The van der Waals surface area contributed by atoms with Gasteiger partial charge < -0.3 is 15.1 Å². The quantitative estimate of drug-likeness (QED) is 0.629. The molecule has 2 aliphatic rings. The Bertz CT molecular complexity index is 1110. The molecule has 0 radical (unpaired) electrons. The van der Waals surface area contributed by atoms with Crippen LogP contribution < -0.4 is 10.6 Å². The van der Waals surface area contributed by atoms with E-state index in [4.69, 9.17) is 4.42 Å². The maximum absolute atomic E-state index is 13.1. The molecule has 2 fully saturated rings. The van der Waals surface area contributed by atoms with Crippen LogP contribution in [0.4, 0.5) is 5.69 Å². The predicted octanol–water partition coefficient (Wildman–Crippen LogP) is 4.67. The number of carbonyl (C=O) groups excluding carboxylic acids is 2. The van der Waals surface area contributed by atoms with Gasteiger partial charge in [-0.25, -0.2) is 4.98 Å². The number of nitrogens with zero attached hydrogens (tertiary/aromatic N) is 1. The Hall–Kier alpha value is -3.41. The van der Waals surface area contributed by atoms with Crippen molar-refractivity contribution in [2.45, 2.75) is 44.6 Å². The van der Waals surface area contributed by atoms with Gasteiger partial charge in [0, 0.05) is 28.8 Å². The van der Waals surface area contributed by atoms with Gasteiger partial charge >= 0.3 is 0 Å². The van der Waals surface area contributed by atoms with E-state index in [1.807, 2.05) is 43.3 Å². The molecule has 0 bridgehead atoms. The van der Waals surface area contributed by atoms with Gasteiger partial charge in [-0.15, -0.1) is 0 Å². The van der Waals surface area contributed by atoms with Crippen LogP contribution in [0.15, 0.2) is 52.9 Å². The van der Waals surface area contributed by atoms with Crippen LogP contribution in [0, 0.1) is 6.92 Å². The first kappa shape index (κ1) is 18.6. The molecule has 1 aromatic heterocycles. The average Bonchev–Trinajstić information content (AvgIpc) is 3.69. The minimum absolute atomic E-state index is 0.112. The van der Waals surface area contributed by atoms with Crippen LogP contribution in [0.1, 0.15) is 63.8 Å².